The number of nitrogens with one attached hydrogen (secondary N) is 1. The Morgan fingerprint density at radius 2 is 2.16 bits per heavy atom. The number of nitrogens with zero attached hydrogens (tertiary/aromatic N) is 4. The maximum atomic E-state index is 12.2. The van der Waals surface area contributed by atoms with Gasteiger partial charge in [0.2, 0.25) is 0 Å². The van der Waals surface area contributed by atoms with Crippen LogP contribution in [0.4, 0.5) is 0 Å². The fourth-order valence-corrected chi connectivity index (χ4v) is 4.20. The van der Waals surface area contributed by atoms with Crippen LogP contribution in [0.3, 0.4) is 0 Å². The Labute approximate surface area is 181 Å². The van der Waals surface area contributed by atoms with E-state index in [1.807, 2.05) is 16.8 Å². The number of ether oxygens (including phenoxy) is 1. The SMILES string of the molecule is N#Cc1ccc(Cl)c2c1-c1c(-c3ccc4c(=O)[nH]nc(CN)c4c3)cnn1CCCO2. The Kier molecular flexibility index (Phi) is 4.70. The number of halogens is 1. The molecule has 0 aliphatic carbocycles. The summed E-state index contributed by atoms with van der Waals surface area (Å²) in [5.74, 6) is 0.477. The van der Waals surface area contributed by atoms with Gasteiger partial charge in [-0.2, -0.15) is 15.5 Å². The third-order valence-electron chi connectivity index (χ3n) is 5.44. The van der Waals surface area contributed by atoms with Crippen LogP contribution in [0.2, 0.25) is 5.02 Å². The summed E-state index contributed by atoms with van der Waals surface area (Å²) in [5, 5.41) is 22.5. The maximum Gasteiger partial charge on any atom is 0.272 e. The molecule has 8 nitrogen and oxygen atoms in total. The van der Waals surface area contributed by atoms with Crippen molar-refractivity contribution in [3.63, 3.8) is 0 Å². The van der Waals surface area contributed by atoms with Crippen molar-refractivity contribution < 1.29 is 4.74 Å². The van der Waals surface area contributed by atoms with Gasteiger partial charge in [0, 0.05) is 30.5 Å². The number of nitriles is 1. The molecule has 3 heterocycles. The Morgan fingerprint density at radius 3 is 2.97 bits per heavy atom. The molecule has 1 aliphatic rings. The third kappa shape index (κ3) is 3.06. The summed E-state index contributed by atoms with van der Waals surface area (Å²) in [6.45, 7) is 1.29. The number of aromatic nitrogens is 4. The van der Waals surface area contributed by atoms with E-state index in [0.29, 0.717) is 51.5 Å². The topological polar surface area (TPSA) is 123 Å². The van der Waals surface area contributed by atoms with Crippen LogP contribution in [-0.2, 0) is 13.1 Å². The highest BCUT2D eigenvalue weighted by molar-refractivity contribution is 6.32. The largest absolute Gasteiger partial charge is 0.491 e. The van der Waals surface area contributed by atoms with Crippen LogP contribution in [0.25, 0.3) is 33.2 Å². The van der Waals surface area contributed by atoms with Crippen LogP contribution in [0.1, 0.15) is 17.7 Å². The number of rotatable bonds is 2. The normalized spacial score (nSPS) is 12.9. The molecule has 2 aromatic carbocycles. The van der Waals surface area contributed by atoms with Crippen molar-refractivity contribution in [3.05, 3.63) is 63.2 Å². The molecule has 0 atom stereocenters. The number of aryl methyl sites for hydroxylation is 1. The van der Waals surface area contributed by atoms with Crippen LogP contribution in [0.15, 0.2) is 41.3 Å². The van der Waals surface area contributed by atoms with Crippen LogP contribution in [0, 0.1) is 11.3 Å². The smallest absolute Gasteiger partial charge is 0.272 e. The molecule has 4 aromatic rings. The van der Waals surface area contributed by atoms with Gasteiger partial charge < -0.3 is 10.5 Å². The summed E-state index contributed by atoms with van der Waals surface area (Å²) in [6, 6.07) is 11.1. The molecule has 5 rings (SSSR count). The van der Waals surface area contributed by atoms with Crippen molar-refractivity contribution in [3.8, 4) is 34.2 Å². The number of nitrogens with two attached hydrogens (primary N) is 1. The number of hydrogen-bond acceptors (Lipinski definition) is 6. The molecule has 0 unspecified atom stereocenters. The lowest BCUT2D eigenvalue weighted by Crippen LogP contribution is -2.13. The van der Waals surface area contributed by atoms with Crippen LogP contribution in [-0.4, -0.2) is 26.6 Å². The summed E-state index contributed by atoms with van der Waals surface area (Å²) in [4.78, 5) is 12.2. The average Bonchev–Trinajstić information content (AvgIpc) is 3.18. The van der Waals surface area contributed by atoms with Gasteiger partial charge in [-0.25, -0.2) is 5.10 Å². The summed E-state index contributed by atoms with van der Waals surface area (Å²) in [6.07, 6.45) is 2.51. The number of hydrogen-bond donors (Lipinski definition) is 2. The highest BCUT2D eigenvalue weighted by atomic mass is 35.5. The number of H-pyrrole nitrogens is 1. The first-order valence-corrected chi connectivity index (χ1v) is 10.1. The number of fused-ring (bicyclic) bond motifs is 4. The molecule has 0 fully saturated rings. The Balaban J connectivity index is 1.82. The van der Waals surface area contributed by atoms with E-state index in [1.54, 1.807) is 24.4 Å². The Bertz CT molecular complexity index is 1430. The van der Waals surface area contributed by atoms with Crippen molar-refractivity contribution >= 4 is 22.4 Å². The Hall–Kier alpha value is -3.67. The zero-order chi connectivity index (χ0) is 21.5. The lowest BCUT2D eigenvalue weighted by Gasteiger charge is -2.20. The first-order valence-electron chi connectivity index (χ1n) is 9.75. The molecule has 0 saturated carbocycles. The molecule has 1 aliphatic heterocycles. The Morgan fingerprint density at radius 1 is 1.29 bits per heavy atom. The second kappa shape index (κ2) is 7.54. The van der Waals surface area contributed by atoms with Crippen molar-refractivity contribution in [2.45, 2.75) is 19.5 Å². The van der Waals surface area contributed by atoms with Gasteiger partial charge in [0.1, 0.15) is 5.75 Å². The van der Waals surface area contributed by atoms with Gasteiger partial charge in [-0.3, -0.25) is 9.48 Å². The highest BCUT2D eigenvalue weighted by Gasteiger charge is 2.25. The van der Waals surface area contributed by atoms with E-state index >= 15 is 0 Å². The predicted molar refractivity (Wildman–Crippen MR) is 117 cm³/mol. The lowest BCUT2D eigenvalue weighted by atomic mass is 9.95. The van der Waals surface area contributed by atoms with Crippen LogP contribution in [0.5, 0.6) is 5.75 Å². The van der Waals surface area contributed by atoms with E-state index in [0.717, 1.165) is 23.2 Å². The van der Waals surface area contributed by atoms with Crippen LogP contribution >= 0.6 is 11.6 Å². The zero-order valence-electron chi connectivity index (χ0n) is 16.4. The van der Waals surface area contributed by atoms with E-state index < -0.39 is 0 Å². The minimum atomic E-state index is -0.277. The van der Waals surface area contributed by atoms with Gasteiger partial charge in [0.15, 0.2) is 0 Å². The molecule has 0 spiro atoms. The minimum absolute atomic E-state index is 0.188. The first kappa shape index (κ1) is 19.3. The molecule has 9 heteroatoms. The molecule has 0 bridgehead atoms. The second-order valence-electron chi connectivity index (χ2n) is 7.21. The van der Waals surface area contributed by atoms with E-state index in [-0.39, 0.29) is 12.1 Å². The van der Waals surface area contributed by atoms with Gasteiger partial charge in [0.05, 0.1) is 51.8 Å². The van der Waals surface area contributed by atoms with Gasteiger partial charge in [-0.15, -0.1) is 0 Å². The van der Waals surface area contributed by atoms with Gasteiger partial charge in [-0.05, 0) is 29.8 Å². The van der Waals surface area contributed by atoms with Crippen LogP contribution < -0.4 is 16.0 Å². The van der Waals surface area contributed by atoms with Gasteiger partial charge in [-0.1, -0.05) is 17.7 Å². The molecule has 0 radical (unpaired) electrons. The fourth-order valence-electron chi connectivity index (χ4n) is 3.99. The van der Waals surface area contributed by atoms with Gasteiger partial charge >= 0.3 is 0 Å². The van der Waals surface area contributed by atoms with Crippen molar-refractivity contribution in [1.29, 1.82) is 5.26 Å². The minimum Gasteiger partial charge on any atom is -0.491 e. The maximum absolute atomic E-state index is 12.2. The molecule has 154 valence electrons. The molecule has 3 N–H and O–H groups in total. The molecular formula is C22H17ClN6O2. The predicted octanol–water partition coefficient (Wildman–Crippen LogP) is 3.22. The third-order valence-corrected chi connectivity index (χ3v) is 5.74. The van der Waals surface area contributed by atoms with E-state index in [4.69, 9.17) is 22.1 Å². The number of benzene rings is 2. The average molecular weight is 433 g/mol. The zero-order valence-corrected chi connectivity index (χ0v) is 17.1. The quantitative estimate of drug-likeness (QED) is 0.501. The van der Waals surface area contributed by atoms with Gasteiger partial charge in [0.25, 0.3) is 5.56 Å². The lowest BCUT2D eigenvalue weighted by molar-refractivity contribution is 0.295. The molecule has 0 amide bonds. The van der Waals surface area contributed by atoms with Crippen molar-refractivity contribution in [2.24, 2.45) is 5.73 Å². The second-order valence-corrected chi connectivity index (χ2v) is 7.61. The standard InChI is InChI=1S/C22H17ClN6O2/c23-17-5-3-13(9-24)19-20-16(11-26-29(20)6-1-7-31-21(17)19)12-2-4-14-15(8-12)18(10-25)27-28-22(14)30/h2-5,8,11H,1,6-7,10,25H2,(H,28,30). The van der Waals surface area contributed by atoms with E-state index in [2.05, 4.69) is 21.4 Å². The first-order chi connectivity index (χ1) is 15.1. The van der Waals surface area contributed by atoms with E-state index in [1.165, 1.54) is 0 Å². The molecule has 2 aromatic heterocycles. The van der Waals surface area contributed by atoms with Crippen molar-refractivity contribution in [2.75, 3.05) is 6.61 Å². The molecule has 31 heavy (non-hydrogen) atoms. The monoisotopic (exact) mass is 432 g/mol. The van der Waals surface area contributed by atoms with Crippen molar-refractivity contribution in [1.82, 2.24) is 20.0 Å². The van der Waals surface area contributed by atoms with E-state index in [9.17, 15) is 10.1 Å². The molecule has 0 saturated heterocycles. The summed E-state index contributed by atoms with van der Waals surface area (Å²) in [5.41, 5.74) is 9.59. The fraction of sp³-hybridized carbons (Fsp3) is 0.182. The summed E-state index contributed by atoms with van der Waals surface area (Å²) < 4.78 is 7.82. The summed E-state index contributed by atoms with van der Waals surface area (Å²) >= 11 is 6.44. The molecular weight excluding hydrogens is 416 g/mol. The highest BCUT2D eigenvalue weighted by Crippen LogP contribution is 2.44. The number of aromatic amines is 1. The summed E-state index contributed by atoms with van der Waals surface area (Å²) in [7, 11) is 0.